The zero-order valence-corrected chi connectivity index (χ0v) is 15.1. The summed E-state index contributed by atoms with van der Waals surface area (Å²) >= 11 is 0. The highest BCUT2D eigenvalue weighted by Crippen LogP contribution is 2.16. The van der Waals surface area contributed by atoms with Crippen molar-refractivity contribution in [2.24, 2.45) is 0 Å². The van der Waals surface area contributed by atoms with Crippen molar-refractivity contribution in [2.75, 3.05) is 12.3 Å². The van der Waals surface area contributed by atoms with Gasteiger partial charge in [0.05, 0.1) is 11.5 Å². The van der Waals surface area contributed by atoms with Gasteiger partial charge in [-0.25, -0.2) is 25.9 Å². The lowest BCUT2D eigenvalue weighted by Crippen LogP contribution is -2.26. The molecule has 0 aliphatic carbocycles. The minimum absolute atomic E-state index is 0.0145. The van der Waals surface area contributed by atoms with Gasteiger partial charge in [-0.15, -0.1) is 5.10 Å². The van der Waals surface area contributed by atoms with E-state index in [1.54, 1.807) is 0 Å². The highest BCUT2D eigenvalue weighted by Gasteiger charge is 2.23. The molecule has 0 atom stereocenters. The van der Waals surface area contributed by atoms with Gasteiger partial charge in [-0.3, -0.25) is 0 Å². The summed E-state index contributed by atoms with van der Waals surface area (Å²) in [6.45, 7) is 1.72. The number of sulfonamides is 1. The number of nitrogens with zero attached hydrogens (tertiary/aromatic N) is 2. The quantitative estimate of drug-likeness (QED) is 0.635. The Labute approximate surface area is 145 Å². The topological polar surface area (TPSA) is 119 Å². The predicted octanol–water partition coefficient (Wildman–Crippen LogP) is 1.05. The van der Waals surface area contributed by atoms with Gasteiger partial charge in [0, 0.05) is 13.0 Å². The number of nitrogens with one attached hydrogen (secondary N) is 1. The average molecular weight is 391 g/mol. The lowest BCUT2D eigenvalue weighted by atomic mass is 10.2. The highest BCUT2D eigenvalue weighted by molar-refractivity contribution is 7.90. The summed E-state index contributed by atoms with van der Waals surface area (Å²) in [5.41, 5.74) is 0.398. The van der Waals surface area contributed by atoms with Crippen LogP contribution in [-0.4, -0.2) is 39.3 Å². The second-order valence-electron chi connectivity index (χ2n) is 5.25. The fourth-order valence-corrected chi connectivity index (χ4v) is 3.70. The lowest BCUT2D eigenvalue weighted by Gasteiger charge is -2.02. The SMILES string of the molecule is CCS(=O)(=O)NCCCc1nnc(S(=O)(=O)Cc2ccc(F)cc2)o1. The molecule has 1 N–H and O–H groups in total. The molecule has 0 radical (unpaired) electrons. The standard InChI is InChI=1S/C14H18FN3O5S2/c1-2-25(21,22)16-9-3-4-13-17-18-14(23-13)24(19,20)10-11-5-7-12(15)8-6-11/h5-8,16H,2-4,9-10H2,1H3. The maximum atomic E-state index is 12.9. The van der Waals surface area contributed by atoms with Crippen molar-refractivity contribution in [2.45, 2.75) is 30.7 Å². The van der Waals surface area contributed by atoms with Gasteiger partial charge in [-0.1, -0.05) is 17.2 Å². The zero-order chi connectivity index (χ0) is 18.5. The van der Waals surface area contributed by atoms with Crippen LogP contribution in [0.1, 0.15) is 24.8 Å². The van der Waals surface area contributed by atoms with E-state index in [4.69, 9.17) is 4.42 Å². The third kappa shape index (κ3) is 5.87. The molecule has 25 heavy (non-hydrogen) atoms. The van der Waals surface area contributed by atoms with Gasteiger partial charge >= 0.3 is 5.22 Å². The number of halogens is 1. The number of aromatic nitrogens is 2. The van der Waals surface area contributed by atoms with Crippen molar-refractivity contribution >= 4 is 19.9 Å². The minimum atomic E-state index is -3.84. The fraction of sp³-hybridized carbons (Fsp3) is 0.429. The first-order chi connectivity index (χ1) is 11.7. The van der Waals surface area contributed by atoms with Crippen molar-refractivity contribution in [3.8, 4) is 0 Å². The minimum Gasteiger partial charge on any atom is -0.413 e. The molecule has 138 valence electrons. The van der Waals surface area contributed by atoms with Crippen LogP contribution in [0.5, 0.6) is 0 Å². The second-order valence-corrected chi connectivity index (χ2v) is 9.21. The second kappa shape index (κ2) is 8.02. The first-order valence-electron chi connectivity index (χ1n) is 7.49. The molecule has 2 rings (SSSR count). The number of rotatable bonds is 9. The van der Waals surface area contributed by atoms with Crippen LogP contribution >= 0.6 is 0 Å². The fourth-order valence-electron chi connectivity index (χ4n) is 1.90. The van der Waals surface area contributed by atoms with Gasteiger partial charge in [0.15, 0.2) is 0 Å². The molecule has 0 aliphatic heterocycles. The van der Waals surface area contributed by atoms with E-state index in [1.807, 2.05) is 0 Å². The predicted molar refractivity (Wildman–Crippen MR) is 87.4 cm³/mol. The van der Waals surface area contributed by atoms with E-state index in [9.17, 15) is 21.2 Å². The molecule has 0 saturated heterocycles. The lowest BCUT2D eigenvalue weighted by molar-refractivity contribution is 0.393. The number of benzene rings is 1. The highest BCUT2D eigenvalue weighted by atomic mass is 32.2. The Morgan fingerprint density at radius 1 is 1.12 bits per heavy atom. The maximum absolute atomic E-state index is 12.9. The monoisotopic (exact) mass is 391 g/mol. The summed E-state index contributed by atoms with van der Waals surface area (Å²) in [6.07, 6.45) is 0.629. The average Bonchev–Trinajstić information content (AvgIpc) is 3.04. The first kappa shape index (κ1) is 19.5. The Balaban J connectivity index is 1.94. The Kier molecular flexibility index (Phi) is 6.25. The van der Waals surface area contributed by atoms with Crippen LogP contribution < -0.4 is 4.72 Å². The third-order valence-corrected chi connectivity index (χ3v) is 6.07. The van der Waals surface area contributed by atoms with Crippen LogP contribution in [0.2, 0.25) is 0 Å². The summed E-state index contributed by atoms with van der Waals surface area (Å²) in [6, 6.07) is 5.07. The van der Waals surface area contributed by atoms with Gasteiger partial charge in [0.1, 0.15) is 5.82 Å². The van der Waals surface area contributed by atoms with Gasteiger partial charge in [0.2, 0.25) is 25.8 Å². The molecular weight excluding hydrogens is 373 g/mol. The van der Waals surface area contributed by atoms with Crippen molar-refractivity contribution in [3.05, 3.63) is 41.5 Å². The van der Waals surface area contributed by atoms with Gasteiger partial charge in [-0.2, -0.15) is 0 Å². The van der Waals surface area contributed by atoms with Crippen LogP contribution in [0.3, 0.4) is 0 Å². The van der Waals surface area contributed by atoms with Crippen molar-refractivity contribution < 1.29 is 25.6 Å². The Morgan fingerprint density at radius 2 is 1.80 bits per heavy atom. The van der Waals surface area contributed by atoms with E-state index >= 15 is 0 Å². The van der Waals surface area contributed by atoms with Gasteiger partial charge in [-0.05, 0) is 31.0 Å². The molecule has 1 heterocycles. The molecule has 0 amide bonds. The summed E-state index contributed by atoms with van der Waals surface area (Å²) in [5, 5.41) is 6.67. The number of aryl methyl sites for hydroxylation is 1. The third-order valence-electron chi connectivity index (χ3n) is 3.25. The zero-order valence-electron chi connectivity index (χ0n) is 13.5. The summed E-state index contributed by atoms with van der Waals surface area (Å²) < 4.78 is 67.4. The molecule has 1 aromatic heterocycles. The molecule has 0 saturated carbocycles. The molecular formula is C14H18FN3O5S2. The van der Waals surface area contributed by atoms with E-state index in [-0.39, 0.29) is 30.4 Å². The van der Waals surface area contributed by atoms with Crippen LogP contribution in [0.15, 0.2) is 33.9 Å². The smallest absolute Gasteiger partial charge is 0.335 e. The maximum Gasteiger partial charge on any atom is 0.335 e. The van der Waals surface area contributed by atoms with Crippen LogP contribution in [0, 0.1) is 5.82 Å². The van der Waals surface area contributed by atoms with Crippen LogP contribution in [0.4, 0.5) is 4.39 Å². The normalized spacial score (nSPS) is 12.4. The molecule has 0 spiro atoms. The van der Waals surface area contributed by atoms with Gasteiger partial charge < -0.3 is 4.42 Å². The number of sulfone groups is 1. The van der Waals surface area contributed by atoms with Gasteiger partial charge in [0.25, 0.3) is 0 Å². The van der Waals surface area contributed by atoms with E-state index in [2.05, 4.69) is 14.9 Å². The molecule has 2 aromatic rings. The largest absolute Gasteiger partial charge is 0.413 e. The van der Waals surface area contributed by atoms with Crippen LogP contribution in [-0.2, 0) is 32.0 Å². The molecule has 0 unspecified atom stereocenters. The van der Waals surface area contributed by atoms with E-state index < -0.39 is 30.9 Å². The van der Waals surface area contributed by atoms with Crippen LogP contribution in [0.25, 0.3) is 0 Å². The molecule has 1 aromatic carbocycles. The Morgan fingerprint density at radius 3 is 2.44 bits per heavy atom. The molecule has 0 bridgehead atoms. The summed E-state index contributed by atoms with van der Waals surface area (Å²) in [5.74, 6) is -0.752. The molecule has 8 nitrogen and oxygen atoms in total. The first-order valence-corrected chi connectivity index (χ1v) is 10.8. The summed E-state index contributed by atoms with van der Waals surface area (Å²) in [7, 11) is -7.11. The van der Waals surface area contributed by atoms with E-state index in [0.29, 0.717) is 12.0 Å². The molecule has 0 fully saturated rings. The van der Waals surface area contributed by atoms with Crippen molar-refractivity contribution in [1.82, 2.24) is 14.9 Å². The molecule has 0 aliphatic rings. The van der Waals surface area contributed by atoms with E-state index in [1.165, 1.54) is 31.2 Å². The number of hydrogen-bond donors (Lipinski definition) is 1. The summed E-state index contributed by atoms with van der Waals surface area (Å²) in [4.78, 5) is 0. The van der Waals surface area contributed by atoms with Crippen molar-refractivity contribution in [3.63, 3.8) is 0 Å². The number of hydrogen-bond acceptors (Lipinski definition) is 7. The Bertz CT molecular complexity index is 908. The Hall–Kier alpha value is -1.85. The van der Waals surface area contributed by atoms with Crippen molar-refractivity contribution in [1.29, 1.82) is 0 Å². The van der Waals surface area contributed by atoms with E-state index in [0.717, 1.165) is 0 Å². The molecule has 11 heteroatoms.